The molecule has 3 rings (SSSR count). The highest BCUT2D eigenvalue weighted by molar-refractivity contribution is 6.12. The molecule has 0 aliphatic carbocycles. The van der Waals surface area contributed by atoms with Crippen LogP contribution in [-0.2, 0) is 0 Å². The second-order valence-electron chi connectivity index (χ2n) is 7.76. The highest BCUT2D eigenvalue weighted by Gasteiger charge is 2.28. The van der Waals surface area contributed by atoms with Crippen LogP contribution in [0.15, 0.2) is 37.0 Å². The summed E-state index contributed by atoms with van der Waals surface area (Å²) in [6, 6.07) is 6.17. The fraction of sp³-hybridized carbons (Fsp3) is 0.381. The van der Waals surface area contributed by atoms with Crippen LogP contribution in [0.25, 0.3) is 5.83 Å². The molecule has 3 N–H and O–H groups in total. The van der Waals surface area contributed by atoms with Gasteiger partial charge in [0.2, 0.25) is 5.78 Å². The summed E-state index contributed by atoms with van der Waals surface area (Å²) >= 11 is 0. The van der Waals surface area contributed by atoms with Gasteiger partial charge in [-0.2, -0.15) is 0 Å². The van der Waals surface area contributed by atoms with Crippen LogP contribution in [0.5, 0.6) is 0 Å². The van der Waals surface area contributed by atoms with E-state index in [9.17, 15) is 13.6 Å². The third-order valence-corrected chi connectivity index (χ3v) is 4.78. The van der Waals surface area contributed by atoms with Gasteiger partial charge >= 0.3 is 0 Å². The minimum absolute atomic E-state index is 0.0126. The molecule has 0 bridgehead atoms. The number of nitrogens with two attached hydrogens (primary N) is 1. The first-order valence-electron chi connectivity index (χ1n) is 9.44. The smallest absolute Gasteiger partial charge is 0.215 e. The largest absolute Gasteiger partial charge is 0.383 e. The van der Waals surface area contributed by atoms with E-state index in [0.717, 1.165) is 0 Å². The molecular weight excluding hydrogens is 376 g/mol. The van der Waals surface area contributed by atoms with E-state index in [0.29, 0.717) is 31.9 Å². The zero-order valence-corrected chi connectivity index (χ0v) is 16.6. The van der Waals surface area contributed by atoms with E-state index in [1.54, 1.807) is 26.0 Å². The van der Waals surface area contributed by atoms with E-state index in [-0.39, 0.29) is 28.7 Å². The predicted octanol–water partition coefficient (Wildman–Crippen LogP) is 3.15. The van der Waals surface area contributed by atoms with Crippen LogP contribution in [0.4, 0.5) is 20.4 Å². The van der Waals surface area contributed by atoms with Crippen molar-refractivity contribution < 1.29 is 13.6 Å². The molecular formula is C21H25F2N5O. The Hall–Kier alpha value is -2.87. The summed E-state index contributed by atoms with van der Waals surface area (Å²) < 4.78 is 28.0. The molecule has 1 aliphatic rings. The summed E-state index contributed by atoms with van der Waals surface area (Å²) in [6.07, 6.45) is 1.82. The molecule has 29 heavy (non-hydrogen) atoms. The fourth-order valence-corrected chi connectivity index (χ4v) is 3.51. The van der Waals surface area contributed by atoms with Crippen molar-refractivity contribution in [3.8, 4) is 0 Å². The molecule has 2 aromatic heterocycles. The van der Waals surface area contributed by atoms with Crippen molar-refractivity contribution >= 4 is 23.2 Å². The summed E-state index contributed by atoms with van der Waals surface area (Å²) in [7, 11) is 0. The quantitative estimate of drug-likeness (QED) is 0.724. The van der Waals surface area contributed by atoms with Crippen LogP contribution in [0, 0.1) is 0 Å². The molecule has 1 fully saturated rings. The van der Waals surface area contributed by atoms with Gasteiger partial charge in [0.25, 0.3) is 0 Å². The first kappa shape index (κ1) is 20.9. The fourth-order valence-electron chi connectivity index (χ4n) is 3.51. The Morgan fingerprint density at radius 2 is 2.14 bits per heavy atom. The number of nitrogen functional groups attached to an aromatic ring is 1. The maximum absolute atomic E-state index is 14.1. The molecule has 1 aliphatic heterocycles. The molecule has 8 heteroatoms. The van der Waals surface area contributed by atoms with Crippen molar-refractivity contribution in [2.24, 2.45) is 0 Å². The third-order valence-electron chi connectivity index (χ3n) is 4.78. The van der Waals surface area contributed by atoms with Gasteiger partial charge in [0.05, 0.1) is 5.56 Å². The number of pyridine rings is 2. The number of ketones is 1. The van der Waals surface area contributed by atoms with Crippen molar-refractivity contribution in [1.29, 1.82) is 0 Å². The van der Waals surface area contributed by atoms with Gasteiger partial charge < -0.3 is 16.0 Å². The number of aromatic nitrogens is 2. The molecule has 154 valence electrons. The molecule has 1 atom stereocenters. The third kappa shape index (κ3) is 4.95. The number of hydrogen-bond acceptors (Lipinski definition) is 6. The zero-order valence-electron chi connectivity index (χ0n) is 16.6. The summed E-state index contributed by atoms with van der Waals surface area (Å²) in [4.78, 5) is 23.3. The first-order valence-corrected chi connectivity index (χ1v) is 9.44. The Labute approximate surface area is 168 Å². The van der Waals surface area contributed by atoms with Gasteiger partial charge in [0.15, 0.2) is 0 Å². The summed E-state index contributed by atoms with van der Waals surface area (Å²) in [5.41, 5.74) is 4.60. The lowest BCUT2D eigenvalue weighted by Gasteiger charge is -2.36. The average molecular weight is 401 g/mol. The van der Waals surface area contributed by atoms with Crippen molar-refractivity contribution in [3.63, 3.8) is 0 Å². The summed E-state index contributed by atoms with van der Waals surface area (Å²) in [5.74, 6) is -0.716. The van der Waals surface area contributed by atoms with Crippen LogP contribution >= 0.6 is 0 Å². The highest BCUT2D eigenvalue weighted by atomic mass is 19.1. The molecule has 1 saturated heterocycles. The maximum atomic E-state index is 14.1. The van der Waals surface area contributed by atoms with Gasteiger partial charge in [-0.1, -0.05) is 6.58 Å². The lowest BCUT2D eigenvalue weighted by molar-refractivity contribution is 0.103. The Balaban J connectivity index is 1.94. The van der Waals surface area contributed by atoms with E-state index < -0.39 is 17.3 Å². The topological polar surface area (TPSA) is 84.1 Å². The molecule has 0 spiro atoms. The van der Waals surface area contributed by atoms with Gasteiger partial charge in [-0.05, 0) is 44.5 Å². The Kier molecular flexibility index (Phi) is 5.93. The van der Waals surface area contributed by atoms with E-state index in [1.807, 2.05) is 4.90 Å². The molecule has 0 amide bonds. The summed E-state index contributed by atoms with van der Waals surface area (Å²) in [6.45, 7) is 8.21. The number of nitrogens with one attached hydrogen (secondary N) is 1. The van der Waals surface area contributed by atoms with Gasteiger partial charge in [-0.25, -0.2) is 18.7 Å². The molecule has 0 aromatic carbocycles. The van der Waals surface area contributed by atoms with E-state index in [2.05, 4.69) is 21.9 Å². The average Bonchev–Trinajstić information content (AvgIpc) is 2.66. The normalized spacial score (nSPS) is 17.2. The Morgan fingerprint density at radius 3 is 2.79 bits per heavy atom. The molecule has 6 nitrogen and oxygen atoms in total. The molecule has 0 saturated carbocycles. The molecule has 0 radical (unpaired) electrons. The molecule has 3 heterocycles. The van der Waals surface area contributed by atoms with E-state index in [1.165, 1.54) is 18.3 Å². The van der Waals surface area contributed by atoms with Crippen molar-refractivity contribution in [3.05, 3.63) is 53.9 Å². The van der Waals surface area contributed by atoms with Crippen LogP contribution in [0.3, 0.4) is 0 Å². The van der Waals surface area contributed by atoms with E-state index >= 15 is 0 Å². The van der Waals surface area contributed by atoms with Gasteiger partial charge in [0.1, 0.15) is 28.8 Å². The number of carbonyl (C=O) groups excluding carboxylic acids is 1. The number of rotatable bonds is 6. The standard InChI is InChI=1S/C21H25F2N5O/c1-13(22)15-6-7-17(28-10-9-25-14(12-28)11-21(2,3)23)27-18(15)19(29)16-5-4-8-26-20(16)24/h4-8,14,25H,1,9-12H2,2-3H3,(H2,24,26)/t14-/m1/s1. The van der Waals surface area contributed by atoms with Gasteiger partial charge in [-0.15, -0.1) is 0 Å². The van der Waals surface area contributed by atoms with Crippen LogP contribution in [0.2, 0.25) is 0 Å². The lowest BCUT2D eigenvalue weighted by Crippen LogP contribution is -2.52. The second-order valence-corrected chi connectivity index (χ2v) is 7.76. The predicted molar refractivity (Wildman–Crippen MR) is 110 cm³/mol. The minimum Gasteiger partial charge on any atom is -0.383 e. The number of nitrogens with zero attached hydrogens (tertiary/aromatic N) is 3. The number of hydrogen-bond donors (Lipinski definition) is 2. The Morgan fingerprint density at radius 1 is 1.38 bits per heavy atom. The van der Waals surface area contributed by atoms with Crippen molar-refractivity contribution in [2.45, 2.75) is 32.0 Å². The zero-order chi connectivity index (χ0) is 21.2. The number of halogens is 2. The van der Waals surface area contributed by atoms with E-state index in [4.69, 9.17) is 5.73 Å². The molecule has 0 unspecified atom stereocenters. The monoisotopic (exact) mass is 401 g/mol. The maximum Gasteiger partial charge on any atom is 0.215 e. The lowest BCUT2D eigenvalue weighted by atomic mass is 9.99. The highest BCUT2D eigenvalue weighted by Crippen LogP contribution is 2.26. The first-order chi connectivity index (χ1) is 13.7. The number of carbonyl (C=O) groups is 1. The van der Waals surface area contributed by atoms with Crippen molar-refractivity contribution in [2.75, 3.05) is 30.3 Å². The SMILES string of the molecule is C=C(F)c1ccc(N2CCN[C@H](CC(C)(C)F)C2)nc1C(=O)c1cccnc1N. The summed E-state index contributed by atoms with van der Waals surface area (Å²) in [5, 5.41) is 3.30. The number of piperazine rings is 1. The van der Waals surface area contributed by atoms with Gasteiger partial charge in [-0.3, -0.25) is 4.79 Å². The van der Waals surface area contributed by atoms with Crippen molar-refractivity contribution in [1.82, 2.24) is 15.3 Å². The number of anilines is 2. The second kappa shape index (κ2) is 8.24. The minimum atomic E-state index is -1.30. The molecule has 2 aromatic rings. The van der Waals surface area contributed by atoms with Crippen LogP contribution in [0.1, 0.15) is 41.9 Å². The van der Waals surface area contributed by atoms with Crippen LogP contribution in [-0.4, -0.2) is 47.1 Å². The number of alkyl halides is 1. The van der Waals surface area contributed by atoms with Gasteiger partial charge in [0, 0.05) is 37.4 Å². The Bertz CT molecular complexity index is 926. The van der Waals surface area contributed by atoms with Crippen LogP contribution < -0.4 is 16.0 Å².